The molecule has 2 amide bonds. The summed E-state index contributed by atoms with van der Waals surface area (Å²) >= 11 is 0. The Morgan fingerprint density at radius 3 is 2.19 bits per heavy atom. The van der Waals surface area contributed by atoms with Gasteiger partial charge in [0.15, 0.2) is 6.61 Å². The monoisotopic (exact) mass is 356 g/mol. The van der Waals surface area contributed by atoms with Gasteiger partial charge in [0, 0.05) is 12.7 Å². The molecule has 1 N–H and O–H groups in total. The van der Waals surface area contributed by atoms with Crippen LogP contribution in [-0.4, -0.2) is 44.0 Å². The summed E-state index contributed by atoms with van der Waals surface area (Å²) in [7, 11) is 3.15. The van der Waals surface area contributed by atoms with E-state index >= 15 is 0 Å². The molecule has 0 aliphatic rings. The molecule has 0 fully saturated rings. The highest BCUT2D eigenvalue weighted by molar-refractivity contribution is 5.94. The highest BCUT2D eigenvalue weighted by atomic mass is 16.5. The van der Waals surface area contributed by atoms with E-state index in [-0.39, 0.29) is 25.0 Å². The smallest absolute Gasteiger partial charge is 0.260 e. The average molecular weight is 356 g/mol. The number of ether oxygens (including phenoxy) is 2. The number of carbonyl (C=O) groups excluding carboxylic acids is 2. The summed E-state index contributed by atoms with van der Waals surface area (Å²) in [6, 6.07) is 14.6. The standard InChI is InChI=1S/C20H24N2O4/c1-4-15-5-9-18(10-6-15)26-14-20(24)22(2)13-19(23)21-16-7-11-17(25-3)12-8-16/h5-12H,4,13-14H2,1-3H3,(H,21,23). The molecule has 6 nitrogen and oxygen atoms in total. The van der Waals surface area contributed by atoms with E-state index in [4.69, 9.17) is 9.47 Å². The van der Waals surface area contributed by atoms with Gasteiger partial charge in [0.05, 0.1) is 13.7 Å². The Morgan fingerprint density at radius 1 is 1.00 bits per heavy atom. The van der Waals surface area contributed by atoms with Crippen molar-refractivity contribution in [2.45, 2.75) is 13.3 Å². The van der Waals surface area contributed by atoms with Gasteiger partial charge in [0.25, 0.3) is 5.91 Å². The van der Waals surface area contributed by atoms with Gasteiger partial charge in [0.1, 0.15) is 11.5 Å². The summed E-state index contributed by atoms with van der Waals surface area (Å²) in [6.45, 7) is 1.91. The number of nitrogens with one attached hydrogen (secondary N) is 1. The fraction of sp³-hybridized carbons (Fsp3) is 0.300. The molecule has 0 saturated carbocycles. The molecular weight excluding hydrogens is 332 g/mol. The van der Waals surface area contributed by atoms with Crippen LogP contribution in [-0.2, 0) is 16.0 Å². The molecule has 0 saturated heterocycles. The third-order valence-corrected chi connectivity index (χ3v) is 3.87. The number of rotatable bonds is 8. The van der Waals surface area contributed by atoms with Gasteiger partial charge in [-0.25, -0.2) is 0 Å². The summed E-state index contributed by atoms with van der Waals surface area (Å²) in [6.07, 6.45) is 0.950. The molecule has 2 rings (SSSR count). The second kappa shape index (κ2) is 9.46. The Balaban J connectivity index is 1.78. The zero-order valence-electron chi connectivity index (χ0n) is 15.3. The molecular formula is C20H24N2O4. The third-order valence-electron chi connectivity index (χ3n) is 3.87. The topological polar surface area (TPSA) is 67.9 Å². The maximum Gasteiger partial charge on any atom is 0.260 e. The number of benzene rings is 2. The number of nitrogens with zero attached hydrogens (tertiary/aromatic N) is 1. The van der Waals surface area contributed by atoms with Crippen molar-refractivity contribution in [2.24, 2.45) is 0 Å². The zero-order chi connectivity index (χ0) is 18.9. The van der Waals surface area contributed by atoms with Crippen LogP contribution in [0.2, 0.25) is 0 Å². The van der Waals surface area contributed by atoms with Crippen molar-refractivity contribution >= 4 is 17.5 Å². The van der Waals surface area contributed by atoms with Crippen LogP contribution in [0.5, 0.6) is 11.5 Å². The lowest BCUT2D eigenvalue weighted by Gasteiger charge is -2.17. The van der Waals surface area contributed by atoms with E-state index in [1.807, 2.05) is 24.3 Å². The van der Waals surface area contributed by atoms with Gasteiger partial charge in [0.2, 0.25) is 5.91 Å². The Morgan fingerprint density at radius 2 is 1.62 bits per heavy atom. The summed E-state index contributed by atoms with van der Waals surface area (Å²) in [4.78, 5) is 25.5. The van der Waals surface area contributed by atoms with Crippen LogP contribution in [0.1, 0.15) is 12.5 Å². The molecule has 0 aromatic heterocycles. The first-order valence-electron chi connectivity index (χ1n) is 8.41. The lowest BCUT2D eigenvalue weighted by atomic mass is 10.2. The van der Waals surface area contributed by atoms with Crippen LogP contribution in [0.3, 0.4) is 0 Å². The number of likely N-dealkylation sites (N-methyl/N-ethyl adjacent to an activating group) is 1. The van der Waals surface area contributed by atoms with Gasteiger partial charge in [-0.15, -0.1) is 0 Å². The predicted molar refractivity (Wildman–Crippen MR) is 101 cm³/mol. The van der Waals surface area contributed by atoms with Gasteiger partial charge in [-0.1, -0.05) is 19.1 Å². The van der Waals surface area contributed by atoms with Crippen molar-refractivity contribution in [2.75, 3.05) is 32.6 Å². The van der Waals surface area contributed by atoms with E-state index in [1.54, 1.807) is 38.4 Å². The van der Waals surface area contributed by atoms with E-state index < -0.39 is 0 Å². The van der Waals surface area contributed by atoms with Gasteiger partial charge >= 0.3 is 0 Å². The maximum absolute atomic E-state index is 12.1. The lowest BCUT2D eigenvalue weighted by molar-refractivity contribution is -0.135. The molecule has 0 radical (unpaired) electrons. The average Bonchev–Trinajstić information content (AvgIpc) is 2.66. The second-order valence-corrected chi connectivity index (χ2v) is 5.81. The number of aryl methyl sites for hydroxylation is 1. The van der Waals surface area contributed by atoms with Crippen molar-refractivity contribution in [3.63, 3.8) is 0 Å². The Labute approximate surface area is 153 Å². The first kappa shape index (κ1) is 19.3. The van der Waals surface area contributed by atoms with Gasteiger partial charge in [-0.05, 0) is 48.4 Å². The van der Waals surface area contributed by atoms with Crippen LogP contribution in [0.4, 0.5) is 5.69 Å². The summed E-state index contributed by atoms with van der Waals surface area (Å²) in [5.74, 6) is 0.791. The SMILES string of the molecule is CCc1ccc(OCC(=O)N(C)CC(=O)Nc2ccc(OC)cc2)cc1. The first-order valence-corrected chi connectivity index (χ1v) is 8.41. The quantitative estimate of drug-likeness (QED) is 0.790. The van der Waals surface area contributed by atoms with Crippen LogP contribution >= 0.6 is 0 Å². The molecule has 6 heteroatoms. The summed E-state index contributed by atoms with van der Waals surface area (Å²) in [5, 5.41) is 2.74. The van der Waals surface area contributed by atoms with E-state index in [9.17, 15) is 9.59 Å². The molecule has 0 atom stereocenters. The van der Waals surface area contributed by atoms with Crippen molar-refractivity contribution in [3.8, 4) is 11.5 Å². The van der Waals surface area contributed by atoms with Crippen molar-refractivity contribution < 1.29 is 19.1 Å². The predicted octanol–water partition coefficient (Wildman–Crippen LogP) is 2.73. The Hall–Kier alpha value is -3.02. The fourth-order valence-corrected chi connectivity index (χ4v) is 2.26. The van der Waals surface area contributed by atoms with E-state index in [0.717, 1.165) is 6.42 Å². The molecule has 0 heterocycles. The molecule has 2 aromatic carbocycles. The number of hydrogen-bond acceptors (Lipinski definition) is 4. The molecule has 2 aromatic rings. The van der Waals surface area contributed by atoms with Crippen LogP contribution in [0.15, 0.2) is 48.5 Å². The third kappa shape index (κ3) is 5.81. The van der Waals surface area contributed by atoms with Gasteiger partial charge in [-0.2, -0.15) is 0 Å². The highest BCUT2D eigenvalue weighted by Gasteiger charge is 2.14. The van der Waals surface area contributed by atoms with Crippen LogP contribution in [0, 0.1) is 0 Å². The van der Waals surface area contributed by atoms with Crippen LogP contribution < -0.4 is 14.8 Å². The van der Waals surface area contributed by atoms with Gasteiger partial charge in [-0.3, -0.25) is 9.59 Å². The van der Waals surface area contributed by atoms with E-state index in [2.05, 4.69) is 12.2 Å². The zero-order valence-corrected chi connectivity index (χ0v) is 15.3. The normalized spacial score (nSPS) is 10.1. The molecule has 0 spiro atoms. The Kier molecular flexibility index (Phi) is 7.02. The molecule has 0 aliphatic carbocycles. The number of amides is 2. The molecule has 138 valence electrons. The lowest BCUT2D eigenvalue weighted by Crippen LogP contribution is -2.37. The first-order chi connectivity index (χ1) is 12.5. The Bertz CT molecular complexity index is 726. The molecule has 26 heavy (non-hydrogen) atoms. The highest BCUT2D eigenvalue weighted by Crippen LogP contribution is 2.15. The van der Waals surface area contributed by atoms with E-state index in [0.29, 0.717) is 17.2 Å². The van der Waals surface area contributed by atoms with Crippen molar-refractivity contribution in [1.82, 2.24) is 4.90 Å². The van der Waals surface area contributed by atoms with Crippen molar-refractivity contribution in [1.29, 1.82) is 0 Å². The maximum atomic E-state index is 12.1. The minimum absolute atomic E-state index is 0.0526. The number of anilines is 1. The van der Waals surface area contributed by atoms with Gasteiger partial charge < -0.3 is 19.7 Å². The molecule has 0 bridgehead atoms. The van der Waals surface area contributed by atoms with E-state index in [1.165, 1.54) is 10.5 Å². The second-order valence-electron chi connectivity index (χ2n) is 5.81. The van der Waals surface area contributed by atoms with Crippen LogP contribution in [0.25, 0.3) is 0 Å². The number of methoxy groups -OCH3 is 1. The molecule has 0 aliphatic heterocycles. The fourth-order valence-electron chi connectivity index (χ4n) is 2.26. The summed E-state index contributed by atoms with van der Waals surface area (Å²) < 4.78 is 10.5. The minimum Gasteiger partial charge on any atom is -0.497 e. The number of hydrogen-bond donors (Lipinski definition) is 1. The molecule has 0 unspecified atom stereocenters. The largest absolute Gasteiger partial charge is 0.497 e. The van der Waals surface area contributed by atoms with Crippen molar-refractivity contribution in [3.05, 3.63) is 54.1 Å². The summed E-state index contributed by atoms with van der Waals surface area (Å²) in [5.41, 5.74) is 1.85. The minimum atomic E-state index is -0.279. The number of carbonyl (C=O) groups is 2.